The van der Waals surface area contributed by atoms with Crippen molar-refractivity contribution in [3.05, 3.63) is 18.0 Å². The summed E-state index contributed by atoms with van der Waals surface area (Å²) in [6.45, 7) is 5.42. The molecule has 1 saturated carbocycles. The van der Waals surface area contributed by atoms with Crippen LogP contribution in [0.2, 0.25) is 0 Å². The summed E-state index contributed by atoms with van der Waals surface area (Å²) in [5, 5.41) is 15.5. The first kappa shape index (κ1) is 15.0. The van der Waals surface area contributed by atoms with Crippen molar-refractivity contribution in [1.82, 2.24) is 14.7 Å². The molecule has 1 aromatic heterocycles. The molecule has 3 rings (SSSR count). The maximum Gasteiger partial charge on any atom is 0.0728 e. The first-order chi connectivity index (χ1) is 10.2. The lowest BCUT2D eigenvalue weighted by atomic mass is 9.87. The van der Waals surface area contributed by atoms with Gasteiger partial charge >= 0.3 is 0 Å². The number of aliphatic hydroxyl groups is 1. The smallest absolute Gasteiger partial charge is 0.0728 e. The molecule has 0 amide bonds. The predicted octanol–water partition coefficient (Wildman–Crippen LogP) is 2.78. The molecule has 0 radical (unpaired) electrons. The summed E-state index contributed by atoms with van der Waals surface area (Å²) in [4.78, 5) is 2.46. The normalized spacial score (nSPS) is 23.7. The molecule has 0 spiro atoms. The van der Waals surface area contributed by atoms with Gasteiger partial charge < -0.3 is 10.0 Å². The topological polar surface area (TPSA) is 41.3 Å². The van der Waals surface area contributed by atoms with Crippen LogP contribution in [-0.4, -0.2) is 45.0 Å². The Morgan fingerprint density at radius 3 is 2.67 bits per heavy atom. The Balaban J connectivity index is 1.56. The van der Waals surface area contributed by atoms with Gasteiger partial charge in [-0.05, 0) is 44.7 Å². The number of piperidine rings is 1. The Labute approximate surface area is 128 Å². The van der Waals surface area contributed by atoms with Crippen molar-refractivity contribution in [2.75, 3.05) is 19.6 Å². The van der Waals surface area contributed by atoms with E-state index in [1.165, 1.54) is 32.1 Å². The Bertz CT molecular complexity index is 443. The third-order valence-corrected chi connectivity index (χ3v) is 5.20. The average molecular weight is 291 g/mol. The van der Waals surface area contributed by atoms with E-state index < -0.39 is 5.60 Å². The van der Waals surface area contributed by atoms with Crippen LogP contribution in [0.1, 0.15) is 63.6 Å². The number of likely N-dealkylation sites (tertiary alicyclic amines) is 1. The molecule has 0 atom stereocenters. The summed E-state index contributed by atoms with van der Waals surface area (Å²) in [6, 6.07) is 2.70. The number of hydrogen-bond acceptors (Lipinski definition) is 3. The van der Waals surface area contributed by atoms with Gasteiger partial charge in [0.25, 0.3) is 0 Å². The molecule has 0 aromatic carbocycles. The van der Waals surface area contributed by atoms with E-state index in [2.05, 4.69) is 28.8 Å². The summed E-state index contributed by atoms with van der Waals surface area (Å²) in [7, 11) is 0. The van der Waals surface area contributed by atoms with Crippen molar-refractivity contribution < 1.29 is 5.11 Å². The van der Waals surface area contributed by atoms with Gasteiger partial charge in [0, 0.05) is 25.7 Å². The molecule has 0 bridgehead atoms. The number of rotatable bonds is 5. The largest absolute Gasteiger partial charge is 0.389 e. The van der Waals surface area contributed by atoms with Crippen LogP contribution in [0.15, 0.2) is 12.3 Å². The maximum atomic E-state index is 10.8. The predicted molar refractivity (Wildman–Crippen MR) is 84.4 cm³/mol. The van der Waals surface area contributed by atoms with Crippen molar-refractivity contribution in [3.8, 4) is 0 Å². The second-order valence-electron chi connectivity index (χ2n) is 6.97. The van der Waals surface area contributed by atoms with Crippen molar-refractivity contribution >= 4 is 0 Å². The highest BCUT2D eigenvalue weighted by molar-refractivity contribution is 5.06. The Kier molecular flexibility index (Phi) is 4.65. The molecular weight excluding hydrogens is 262 g/mol. The van der Waals surface area contributed by atoms with Gasteiger partial charge in [0.15, 0.2) is 0 Å². The molecule has 0 unspecified atom stereocenters. The van der Waals surface area contributed by atoms with E-state index in [9.17, 15) is 5.11 Å². The van der Waals surface area contributed by atoms with Crippen molar-refractivity contribution in [2.45, 2.75) is 69.9 Å². The SMILES string of the molecule is CCCN1CCC(O)(Cc2ccn(C3CCCC3)n2)CC1. The number of nitrogens with zero attached hydrogens (tertiary/aromatic N) is 3. The molecule has 1 aliphatic carbocycles. The highest BCUT2D eigenvalue weighted by Crippen LogP contribution is 2.30. The molecular formula is C17H29N3O. The van der Waals surface area contributed by atoms with E-state index in [0.717, 1.165) is 38.2 Å². The van der Waals surface area contributed by atoms with E-state index in [-0.39, 0.29) is 0 Å². The lowest BCUT2D eigenvalue weighted by molar-refractivity contribution is -0.0213. The fraction of sp³-hybridized carbons (Fsp3) is 0.824. The van der Waals surface area contributed by atoms with Crippen molar-refractivity contribution in [3.63, 3.8) is 0 Å². The molecule has 2 fully saturated rings. The molecule has 1 aromatic rings. The molecule has 118 valence electrons. The third-order valence-electron chi connectivity index (χ3n) is 5.20. The Morgan fingerprint density at radius 1 is 1.29 bits per heavy atom. The van der Waals surface area contributed by atoms with E-state index in [4.69, 9.17) is 5.10 Å². The van der Waals surface area contributed by atoms with Gasteiger partial charge in [-0.2, -0.15) is 5.10 Å². The van der Waals surface area contributed by atoms with Gasteiger partial charge in [-0.15, -0.1) is 0 Å². The van der Waals surface area contributed by atoms with Crippen LogP contribution in [0.3, 0.4) is 0 Å². The van der Waals surface area contributed by atoms with Crippen LogP contribution < -0.4 is 0 Å². The van der Waals surface area contributed by atoms with E-state index in [0.29, 0.717) is 12.5 Å². The highest BCUT2D eigenvalue weighted by atomic mass is 16.3. The second kappa shape index (κ2) is 6.49. The fourth-order valence-corrected chi connectivity index (χ4v) is 3.87. The molecule has 1 aliphatic heterocycles. The van der Waals surface area contributed by atoms with E-state index >= 15 is 0 Å². The van der Waals surface area contributed by atoms with Crippen molar-refractivity contribution in [2.24, 2.45) is 0 Å². The summed E-state index contributed by atoms with van der Waals surface area (Å²) in [5.41, 5.74) is 0.521. The van der Waals surface area contributed by atoms with Gasteiger partial charge in [0.2, 0.25) is 0 Å². The summed E-state index contributed by atoms with van der Waals surface area (Å²) in [6.07, 6.45) is 11.0. The number of aromatic nitrogens is 2. The van der Waals surface area contributed by atoms with Gasteiger partial charge in [0.05, 0.1) is 17.3 Å². The van der Waals surface area contributed by atoms with Gasteiger partial charge in [-0.3, -0.25) is 4.68 Å². The Morgan fingerprint density at radius 2 is 2.00 bits per heavy atom. The maximum absolute atomic E-state index is 10.8. The summed E-state index contributed by atoms with van der Waals surface area (Å²) >= 11 is 0. The second-order valence-corrected chi connectivity index (χ2v) is 6.97. The molecule has 4 nitrogen and oxygen atoms in total. The minimum atomic E-state index is -0.543. The molecule has 2 heterocycles. The van der Waals surface area contributed by atoms with Crippen LogP contribution in [0, 0.1) is 0 Å². The van der Waals surface area contributed by atoms with Gasteiger partial charge in [-0.1, -0.05) is 19.8 Å². The first-order valence-electron chi connectivity index (χ1n) is 8.67. The quantitative estimate of drug-likeness (QED) is 0.907. The molecule has 1 saturated heterocycles. The highest BCUT2D eigenvalue weighted by Gasteiger charge is 2.33. The van der Waals surface area contributed by atoms with Crippen LogP contribution >= 0.6 is 0 Å². The minimum Gasteiger partial charge on any atom is -0.389 e. The molecule has 1 N–H and O–H groups in total. The zero-order chi connectivity index (χ0) is 14.7. The average Bonchev–Trinajstić information content (AvgIpc) is 3.12. The van der Waals surface area contributed by atoms with Crippen LogP contribution in [-0.2, 0) is 6.42 Å². The lowest BCUT2D eigenvalue weighted by Gasteiger charge is -2.37. The third kappa shape index (κ3) is 3.67. The van der Waals surface area contributed by atoms with Gasteiger partial charge in [-0.25, -0.2) is 0 Å². The van der Waals surface area contributed by atoms with Gasteiger partial charge in [0.1, 0.15) is 0 Å². The van der Waals surface area contributed by atoms with E-state index in [1.807, 2.05) is 0 Å². The molecule has 21 heavy (non-hydrogen) atoms. The Hall–Kier alpha value is -0.870. The monoisotopic (exact) mass is 291 g/mol. The minimum absolute atomic E-state index is 0.543. The lowest BCUT2D eigenvalue weighted by Crippen LogP contribution is -2.45. The fourth-order valence-electron chi connectivity index (χ4n) is 3.87. The summed E-state index contributed by atoms with van der Waals surface area (Å²) in [5.74, 6) is 0. The zero-order valence-electron chi connectivity index (χ0n) is 13.3. The molecule has 4 heteroatoms. The summed E-state index contributed by atoms with van der Waals surface area (Å²) < 4.78 is 2.14. The van der Waals surface area contributed by atoms with E-state index in [1.54, 1.807) is 0 Å². The number of hydrogen-bond donors (Lipinski definition) is 1. The molecule has 2 aliphatic rings. The van der Waals surface area contributed by atoms with Crippen LogP contribution in [0.5, 0.6) is 0 Å². The first-order valence-corrected chi connectivity index (χ1v) is 8.67. The zero-order valence-corrected chi connectivity index (χ0v) is 13.3. The van der Waals surface area contributed by atoms with Crippen LogP contribution in [0.4, 0.5) is 0 Å². The van der Waals surface area contributed by atoms with Crippen LogP contribution in [0.25, 0.3) is 0 Å². The standard InChI is InChI=1S/C17H29N3O/c1-2-10-19-12-8-17(21,9-13-19)14-15-7-11-20(18-15)16-5-3-4-6-16/h7,11,16,21H,2-6,8-10,12-14H2,1H3. The van der Waals surface area contributed by atoms with Crippen molar-refractivity contribution in [1.29, 1.82) is 0 Å².